The lowest BCUT2D eigenvalue weighted by Crippen LogP contribution is -2.14. The van der Waals surface area contributed by atoms with E-state index in [1.54, 1.807) is 18.9 Å². The molecule has 5 heteroatoms. The summed E-state index contributed by atoms with van der Waals surface area (Å²) in [4.78, 5) is 16.3. The van der Waals surface area contributed by atoms with Gasteiger partial charge in [0.25, 0.3) is 0 Å². The molecule has 110 valence electrons. The number of anilines is 2. The average molecular weight is 293 g/mol. The van der Waals surface area contributed by atoms with Crippen molar-refractivity contribution in [3.05, 3.63) is 17.7 Å². The third-order valence-corrected chi connectivity index (χ3v) is 4.10. The number of nitrogens with zero attached hydrogens (tertiary/aromatic N) is 2. The molecule has 0 saturated heterocycles. The molecule has 4 nitrogen and oxygen atoms in total. The van der Waals surface area contributed by atoms with Gasteiger partial charge in [0.2, 0.25) is 0 Å². The Bertz CT molecular complexity index is 486. The average Bonchev–Trinajstić information content (AvgIpc) is 3.19. The highest BCUT2D eigenvalue weighted by Crippen LogP contribution is 2.30. The Balaban J connectivity index is 2.17. The monoisotopic (exact) mass is 293 g/mol. The highest BCUT2D eigenvalue weighted by molar-refractivity contribution is 8.01. The predicted octanol–water partition coefficient (Wildman–Crippen LogP) is 3.60. The van der Waals surface area contributed by atoms with Crippen LogP contribution >= 0.6 is 11.9 Å². The Morgan fingerprint density at radius 1 is 1.50 bits per heavy atom. The van der Waals surface area contributed by atoms with Crippen molar-refractivity contribution in [2.75, 3.05) is 23.2 Å². The number of aromatic nitrogens is 1. The van der Waals surface area contributed by atoms with Gasteiger partial charge in [-0.1, -0.05) is 13.8 Å². The van der Waals surface area contributed by atoms with Gasteiger partial charge in [-0.25, -0.2) is 4.98 Å². The van der Waals surface area contributed by atoms with E-state index in [1.165, 1.54) is 12.8 Å². The van der Waals surface area contributed by atoms with Crippen molar-refractivity contribution in [1.29, 1.82) is 0 Å². The molecule has 1 aliphatic carbocycles. The summed E-state index contributed by atoms with van der Waals surface area (Å²) in [6.45, 7) is 6.83. The SMILES string of the molecule is CC(=O)c1cc(NCC2CC2)nc(N(C)SC(C)C)c1. The van der Waals surface area contributed by atoms with Crippen LogP contribution < -0.4 is 9.62 Å². The number of pyridine rings is 1. The molecule has 20 heavy (non-hydrogen) atoms. The fraction of sp³-hybridized carbons (Fsp3) is 0.600. The summed E-state index contributed by atoms with van der Waals surface area (Å²) >= 11 is 1.71. The second-order valence-electron chi connectivity index (χ2n) is 5.63. The van der Waals surface area contributed by atoms with Crippen LogP contribution in [0.2, 0.25) is 0 Å². The van der Waals surface area contributed by atoms with Crippen molar-refractivity contribution in [3.8, 4) is 0 Å². The van der Waals surface area contributed by atoms with E-state index in [1.807, 2.05) is 23.5 Å². The molecule has 0 spiro atoms. The molecule has 0 atom stereocenters. The van der Waals surface area contributed by atoms with E-state index in [0.717, 1.165) is 24.1 Å². The quantitative estimate of drug-likeness (QED) is 0.615. The van der Waals surface area contributed by atoms with E-state index in [9.17, 15) is 4.79 Å². The van der Waals surface area contributed by atoms with E-state index in [-0.39, 0.29) is 5.78 Å². The van der Waals surface area contributed by atoms with E-state index < -0.39 is 0 Å². The molecule has 1 aromatic rings. The summed E-state index contributed by atoms with van der Waals surface area (Å²) in [6, 6.07) is 3.71. The molecule has 0 aliphatic heterocycles. The van der Waals surface area contributed by atoms with Gasteiger partial charge in [0.1, 0.15) is 11.6 Å². The van der Waals surface area contributed by atoms with Crippen molar-refractivity contribution in [3.63, 3.8) is 0 Å². The fourth-order valence-corrected chi connectivity index (χ4v) is 2.75. The zero-order valence-corrected chi connectivity index (χ0v) is 13.5. The van der Waals surface area contributed by atoms with Crippen LogP contribution in [0.3, 0.4) is 0 Å². The largest absolute Gasteiger partial charge is 0.370 e. The van der Waals surface area contributed by atoms with Crippen molar-refractivity contribution in [1.82, 2.24) is 4.98 Å². The minimum absolute atomic E-state index is 0.0751. The van der Waals surface area contributed by atoms with Gasteiger partial charge in [-0.3, -0.25) is 4.79 Å². The van der Waals surface area contributed by atoms with Crippen LogP contribution in [-0.2, 0) is 0 Å². The molecule has 0 aromatic carbocycles. The molecule has 1 saturated carbocycles. The Morgan fingerprint density at radius 3 is 2.75 bits per heavy atom. The number of ketones is 1. The zero-order chi connectivity index (χ0) is 14.7. The second kappa shape index (κ2) is 6.48. The van der Waals surface area contributed by atoms with Crippen LogP contribution in [0.25, 0.3) is 0 Å². The first kappa shape index (κ1) is 15.2. The Morgan fingerprint density at radius 2 is 2.20 bits per heavy atom. The van der Waals surface area contributed by atoms with Gasteiger partial charge < -0.3 is 9.62 Å². The van der Waals surface area contributed by atoms with Crippen molar-refractivity contribution in [2.45, 2.75) is 38.9 Å². The summed E-state index contributed by atoms with van der Waals surface area (Å²) in [5.41, 5.74) is 0.713. The summed E-state index contributed by atoms with van der Waals surface area (Å²) in [7, 11) is 1.99. The molecular weight excluding hydrogens is 270 g/mol. The first-order valence-electron chi connectivity index (χ1n) is 7.13. The van der Waals surface area contributed by atoms with Crippen molar-refractivity contribution < 1.29 is 4.79 Å². The number of carbonyl (C=O) groups is 1. The van der Waals surface area contributed by atoms with Crippen LogP contribution in [0, 0.1) is 5.92 Å². The van der Waals surface area contributed by atoms with Crippen LogP contribution in [-0.4, -0.2) is 29.6 Å². The van der Waals surface area contributed by atoms with E-state index in [2.05, 4.69) is 24.1 Å². The lowest BCUT2D eigenvalue weighted by molar-refractivity contribution is 0.101. The van der Waals surface area contributed by atoms with Gasteiger partial charge in [0.05, 0.1) is 0 Å². The lowest BCUT2D eigenvalue weighted by atomic mass is 10.2. The van der Waals surface area contributed by atoms with Gasteiger partial charge in [0.15, 0.2) is 5.78 Å². The van der Waals surface area contributed by atoms with Gasteiger partial charge in [-0.2, -0.15) is 0 Å². The first-order valence-corrected chi connectivity index (χ1v) is 7.96. The van der Waals surface area contributed by atoms with Gasteiger partial charge in [-0.15, -0.1) is 0 Å². The second-order valence-corrected chi connectivity index (χ2v) is 7.33. The molecule has 1 aliphatic rings. The van der Waals surface area contributed by atoms with Crippen molar-refractivity contribution in [2.24, 2.45) is 5.92 Å². The molecular formula is C15H23N3OS. The molecule has 1 fully saturated rings. The molecule has 1 N–H and O–H groups in total. The number of nitrogens with one attached hydrogen (secondary N) is 1. The van der Waals surface area contributed by atoms with E-state index >= 15 is 0 Å². The maximum atomic E-state index is 11.7. The van der Waals surface area contributed by atoms with Crippen LogP contribution in [0.4, 0.5) is 11.6 Å². The third-order valence-electron chi connectivity index (χ3n) is 3.18. The van der Waals surface area contributed by atoms with Crippen LogP contribution in [0.15, 0.2) is 12.1 Å². The maximum Gasteiger partial charge on any atom is 0.160 e. The highest BCUT2D eigenvalue weighted by Gasteiger charge is 2.21. The fourth-order valence-electron chi connectivity index (χ4n) is 1.91. The summed E-state index contributed by atoms with van der Waals surface area (Å²) in [5.74, 6) is 2.49. The standard InChI is InChI=1S/C15H23N3OS/c1-10(2)20-18(4)15-8-13(11(3)19)7-14(17-15)16-9-12-5-6-12/h7-8,10,12H,5-6,9H2,1-4H3,(H,16,17). The molecule has 0 radical (unpaired) electrons. The summed E-state index contributed by atoms with van der Waals surface area (Å²) in [5, 5.41) is 3.83. The first-order chi connectivity index (χ1) is 9.45. The van der Waals surface area contributed by atoms with Gasteiger partial charge >= 0.3 is 0 Å². The smallest absolute Gasteiger partial charge is 0.160 e. The Labute approximate surface area is 125 Å². The van der Waals surface area contributed by atoms with Crippen LogP contribution in [0.5, 0.6) is 0 Å². The lowest BCUT2D eigenvalue weighted by Gasteiger charge is -2.20. The minimum Gasteiger partial charge on any atom is -0.370 e. The Hall–Kier alpha value is -1.23. The van der Waals surface area contributed by atoms with Crippen molar-refractivity contribution >= 4 is 29.4 Å². The number of Topliss-reactive ketones (excluding diaryl/α,β-unsaturated/α-hetero) is 1. The predicted molar refractivity (Wildman–Crippen MR) is 86.6 cm³/mol. The van der Waals surface area contributed by atoms with Gasteiger partial charge in [0, 0.05) is 24.4 Å². The molecule has 2 rings (SSSR count). The topological polar surface area (TPSA) is 45.2 Å². The normalized spacial score (nSPS) is 14.4. The highest BCUT2D eigenvalue weighted by atomic mass is 32.2. The third kappa shape index (κ3) is 4.40. The molecule has 0 bridgehead atoms. The van der Waals surface area contributed by atoms with Crippen LogP contribution in [0.1, 0.15) is 44.0 Å². The maximum absolute atomic E-state index is 11.7. The zero-order valence-electron chi connectivity index (χ0n) is 12.6. The van der Waals surface area contributed by atoms with Gasteiger partial charge in [-0.05, 0) is 49.8 Å². The minimum atomic E-state index is 0.0751. The number of hydrogen-bond donors (Lipinski definition) is 1. The Kier molecular flexibility index (Phi) is 4.91. The summed E-state index contributed by atoms with van der Waals surface area (Å²) < 4.78 is 2.03. The number of rotatable bonds is 7. The molecule has 0 amide bonds. The molecule has 1 aromatic heterocycles. The van der Waals surface area contributed by atoms with E-state index in [0.29, 0.717) is 10.8 Å². The summed E-state index contributed by atoms with van der Waals surface area (Å²) in [6.07, 6.45) is 2.60. The molecule has 0 unspecified atom stereocenters. The number of carbonyl (C=O) groups excluding carboxylic acids is 1. The molecule has 1 heterocycles. The number of hydrogen-bond acceptors (Lipinski definition) is 5. The van der Waals surface area contributed by atoms with E-state index in [4.69, 9.17) is 0 Å².